The zero-order valence-corrected chi connectivity index (χ0v) is 7.90. The number of rotatable bonds is 1. The summed E-state index contributed by atoms with van der Waals surface area (Å²) >= 11 is 0. The highest BCUT2D eigenvalue weighted by Crippen LogP contribution is 2.17. The third kappa shape index (κ3) is 1.67. The van der Waals surface area contributed by atoms with E-state index in [2.05, 4.69) is 9.98 Å². The van der Waals surface area contributed by atoms with Crippen LogP contribution in [0, 0.1) is 0 Å². The van der Waals surface area contributed by atoms with Crippen LogP contribution >= 0.6 is 0 Å². The first-order valence-electron chi connectivity index (χ1n) is 4.38. The fraction of sp³-hybridized carbons (Fsp3) is 0. The SMILES string of the molecule is NC(N)=NC(=O)c1cccc2[nH]ccc12. The minimum atomic E-state index is -0.430. The molecule has 0 saturated heterocycles. The third-order valence-electron chi connectivity index (χ3n) is 2.06. The lowest BCUT2D eigenvalue weighted by Crippen LogP contribution is -2.24. The van der Waals surface area contributed by atoms with E-state index in [4.69, 9.17) is 11.5 Å². The smallest absolute Gasteiger partial charge is 0.280 e. The van der Waals surface area contributed by atoms with Gasteiger partial charge < -0.3 is 16.5 Å². The molecule has 0 atom stereocenters. The van der Waals surface area contributed by atoms with Crippen LogP contribution in [0.1, 0.15) is 10.4 Å². The van der Waals surface area contributed by atoms with Gasteiger partial charge in [-0.3, -0.25) is 4.79 Å². The Morgan fingerprint density at radius 3 is 2.80 bits per heavy atom. The number of nitrogens with two attached hydrogens (primary N) is 2. The maximum Gasteiger partial charge on any atom is 0.280 e. The number of H-pyrrole nitrogens is 1. The lowest BCUT2D eigenvalue weighted by molar-refractivity contribution is 0.100. The van der Waals surface area contributed by atoms with E-state index in [0.717, 1.165) is 10.9 Å². The van der Waals surface area contributed by atoms with Gasteiger partial charge in [-0.1, -0.05) is 6.07 Å². The second-order valence-electron chi connectivity index (χ2n) is 3.09. The van der Waals surface area contributed by atoms with Crippen LogP contribution in [-0.2, 0) is 0 Å². The van der Waals surface area contributed by atoms with Gasteiger partial charge in [0.2, 0.25) is 0 Å². The standard InChI is InChI=1S/C10H10N4O/c11-10(12)14-9(15)7-2-1-3-8-6(7)4-5-13-8/h1-5,13H,(H4,11,12,14,15). The summed E-state index contributed by atoms with van der Waals surface area (Å²) in [5.41, 5.74) is 11.7. The molecule has 5 nitrogen and oxygen atoms in total. The minimum absolute atomic E-state index is 0.229. The average Bonchev–Trinajstić information content (AvgIpc) is 2.63. The number of carbonyl (C=O) groups is 1. The maximum absolute atomic E-state index is 11.6. The number of aromatic nitrogens is 1. The first-order valence-corrected chi connectivity index (χ1v) is 4.38. The molecule has 5 N–H and O–H groups in total. The van der Waals surface area contributed by atoms with Crippen molar-refractivity contribution in [2.24, 2.45) is 16.5 Å². The van der Waals surface area contributed by atoms with Gasteiger partial charge in [0.05, 0.1) is 5.56 Å². The molecule has 76 valence electrons. The van der Waals surface area contributed by atoms with E-state index in [1.54, 1.807) is 18.3 Å². The lowest BCUT2D eigenvalue weighted by atomic mass is 10.1. The van der Waals surface area contributed by atoms with Crippen molar-refractivity contribution in [3.05, 3.63) is 36.0 Å². The van der Waals surface area contributed by atoms with Crippen molar-refractivity contribution in [3.63, 3.8) is 0 Å². The third-order valence-corrected chi connectivity index (χ3v) is 2.06. The number of benzene rings is 1. The quantitative estimate of drug-likeness (QED) is 0.466. The van der Waals surface area contributed by atoms with E-state index in [1.807, 2.05) is 12.1 Å². The van der Waals surface area contributed by atoms with Gasteiger partial charge in [0, 0.05) is 17.1 Å². The Morgan fingerprint density at radius 2 is 2.07 bits per heavy atom. The summed E-state index contributed by atoms with van der Waals surface area (Å²) in [6.45, 7) is 0. The predicted octanol–water partition coefficient (Wildman–Crippen LogP) is 0.582. The highest BCUT2D eigenvalue weighted by molar-refractivity contribution is 6.10. The number of carbonyl (C=O) groups excluding carboxylic acids is 1. The number of amides is 1. The minimum Gasteiger partial charge on any atom is -0.370 e. The van der Waals surface area contributed by atoms with Crippen molar-refractivity contribution < 1.29 is 4.79 Å². The van der Waals surface area contributed by atoms with Crippen LogP contribution in [0.3, 0.4) is 0 Å². The molecule has 1 heterocycles. The topological polar surface area (TPSA) is 97.3 Å². The maximum atomic E-state index is 11.6. The van der Waals surface area contributed by atoms with Crippen LogP contribution in [0.25, 0.3) is 10.9 Å². The molecule has 0 bridgehead atoms. The zero-order valence-electron chi connectivity index (χ0n) is 7.90. The molecule has 1 amide bonds. The Labute approximate surface area is 85.8 Å². The Morgan fingerprint density at radius 1 is 1.27 bits per heavy atom. The fourth-order valence-corrected chi connectivity index (χ4v) is 1.45. The summed E-state index contributed by atoms with van der Waals surface area (Å²) in [4.78, 5) is 18.1. The normalized spacial score (nSPS) is 10.1. The second-order valence-corrected chi connectivity index (χ2v) is 3.09. The summed E-state index contributed by atoms with van der Waals surface area (Å²) in [6, 6.07) is 7.14. The monoisotopic (exact) mass is 202 g/mol. The van der Waals surface area contributed by atoms with Gasteiger partial charge in [0.25, 0.3) is 5.91 Å². The van der Waals surface area contributed by atoms with E-state index < -0.39 is 5.91 Å². The Hall–Kier alpha value is -2.30. The van der Waals surface area contributed by atoms with Gasteiger partial charge in [-0.25, -0.2) is 0 Å². The van der Waals surface area contributed by atoms with Crippen molar-refractivity contribution in [3.8, 4) is 0 Å². The summed E-state index contributed by atoms with van der Waals surface area (Å²) in [5, 5.41) is 0.813. The second kappa shape index (κ2) is 3.45. The molecule has 1 aromatic heterocycles. The first kappa shape index (κ1) is 9.26. The van der Waals surface area contributed by atoms with E-state index in [9.17, 15) is 4.79 Å². The first-order chi connectivity index (χ1) is 7.18. The van der Waals surface area contributed by atoms with Crippen molar-refractivity contribution in [1.29, 1.82) is 0 Å². The lowest BCUT2D eigenvalue weighted by Gasteiger charge is -1.98. The molecule has 0 saturated carbocycles. The van der Waals surface area contributed by atoms with Gasteiger partial charge in [-0.05, 0) is 18.2 Å². The predicted molar refractivity (Wildman–Crippen MR) is 58.4 cm³/mol. The number of guanidine groups is 1. The molecule has 0 aliphatic heterocycles. The summed E-state index contributed by atoms with van der Waals surface area (Å²) in [6.07, 6.45) is 1.76. The van der Waals surface area contributed by atoms with E-state index in [0.29, 0.717) is 5.56 Å². The van der Waals surface area contributed by atoms with Crippen LogP contribution in [0.15, 0.2) is 35.5 Å². The molecule has 0 aliphatic rings. The van der Waals surface area contributed by atoms with Crippen molar-refractivity contribution >= 4 is 22.8 Å². The fourth-order valence-electron chi connectivity index (χ4n) is 1.45. The number of aromatic amines is 1. The van der Waals surface area contributed by atoms with Crippen molar-refractivity contribution in [2.75, 3.05) is 0 Å². The number of nitrogens with one attached hydrogen (secondary N) is 1. The Bertz CT molecular complexity index is 537. The van der Waals surface area contributed by atoms with Crippen molar-refractivity contribution in [1.82, 2.24) is 4.98 Å². The summed E-state index contributed by atoms with van der Waals surface area (Å²) in [5.74, 6) is -0.660. The molecule has 2 aromatic rings. The molecule has 0 unspecified atom stereocenters. The van der Waals surface area contributed by atoms with Crippen molar-refractivity contribution in [2.45, 2.75) is 0 Å². The summed E-state index contributed by atoms with van der Waals surface area (Å²) in [7, 11) is 0. The number of aliphatic imine (C=N–C) groups is 1. The highest BCUT2D eigenvalue weighted by atomic mass is 16.1. The molecule has 2 rings (SSSR count). The van der Waals surface area contributed by atoms with Gasteiger partial charge in [0.1, 0.15) is 0 Å². The Balaban J connectivity index is 2.56. The van der Waals surface area contributed by atoms with Gasteiger partial charge in [-0.2, -0.15) is 4.99 Å². The van der Waals surface area contributed by atoms with Gasteiger partial charge in [0.15, 0.2) is 5.96 Å². The summed E-state index contributed by atoms with van der Waals surface area (Å²) < 4.78 is 0. The number of nitrogens with zero attached hydrogens (tertiary/aromatic N) is 1. The van der Waals surface area contributed by atoms with E-state index >= 15 is 0 Å². The van der Waals surface area contributed by atoms with Crippen LogP contribution in [-0.4, -0.2) is 16.9 Å². The largest absolute Gasteiger partial charge is 0.370 e. The molecule has 0 spiro atoms. The van der Waals surface area contributed by atoms with Gasteiger partial charge >= 0.3 is 0 Å². The number of hydrogen-bond acceptors (Lipinski definition) is 1. The highest BCUT2D eigenvalue weighted by Gasteiger charge is 2.09. The Kier molecular flexibility index (Phi) is 2.13. The molecule has 15 heavy (non-hydrogen) atoms. The average molecular weight is 202 g/mol. The molecular formula is C10H10N4O. The van der Waals surface area contributed by atoms with Crippen LogP contribution in [0.2, 0.25) is 0 Å². The molecule has 5 heteroatoms. The molecule has 1 aromatic carbocycles. The van der Waals surface area contributed by atoms with Crippen LogP contribution in [0.5, 0.6) is 0 Å². The zero-order chi connectivity index (χ0) is 10.8. The molecule has 0 radical (unpaired) electrons. The van der Waals surface area contributed by atoms with E-state index in [1.165, 1.54) is 0 Å². The number of fused-ring (bicyclic) bond motifs is 1. The number of hydrogen-bond donors (Lipinski definition) is 3. The van der Waals surface area contributed by atoms with Crippen LogP contribution < -0.4 is 11.5 Å². The van der Waals surface area contributed by atoms with Crippen LogP contribution in [0.4, 0.5) is 0 Å². The van der Waals surface area contributed by atoms with Gasteiger partial charge in [-0.15, -0.1) is 0 Å². The molecule has 0 fully saturated rings. The molecular weight excluding hydrogens is 192 g/mol. The van der Waals surface area contributed by atoms with E-state index in [-0.39, 0.29) is 5.96 Å². The molecule has 0 aliphatic carbocycles.